The summed E-state index contributed by atoms with van der Waals surface area (Å²) in [5.74, 6) is -1.30. The molecule has 0 radical (unpaired) electrons. The molecule has 0 fully saturated rings. The van der Waals surface area contributed by atoms with Crippen LogP contribution in [0.15, 0.2) is 48.5 Å². The van der Waals surface area contributed by atoms with Crippen LogP contribution in [0.4, 0.5) is 10.1 Å². The normalized spacial score (nSPS) is 10.4. The molecule has 0 atom stereocenters. The number of nitrogens with one attached hydrogen (secondary N) is 2. The predicted octanol–water partition coefficient (Wildman–Crippen LogP) is 3.17. The van der Waals surface area contributed by atoms with Gasteiger partial charge in [-0.2, -0.15) is 0 Å². The largest absolute Gasteiger partial charge is 0.346 e. The minimum atomic E-state index is -0.507. The van der Waals surface area contributed by atoms with Crippen LogP contribution >= 0.6 is 11.3 Å². The number of anilines is 1. The molecule has 2 N–H and O–H groups in total. The molecular formula is C18H15FN4O2S. The first-order valence-electron chi connectivity index (χ1n) is 7.76. The second-order valence-electron chi connectivity index (χ2n) is 5.48. The molecule has 2 aromatic carbocycles. The van der Waals surface area contributed by atoms with Gasteiger partial charge in [-0.1, -0.05) is 35.6 Å². The maximum absolute atomic E-state index is 12.9. The molecule has 3 aromatic rings. The summed E-state index contributed by atoms with van der Waals surface area (Å²) >= 11 is 0.890. The molecule has 3 rings (SSSR count). The summed E-state index contributed by atoms with van der Waals surface area (Å²) in [6, 6.07) is 13.1. The summed E-state index contributed by atoms with van der Waals surface area (Å²) in [4.78, 5) is 24.3. The van der Waals surface area contributed by atoms with Gasteiger partial charge in [-0.15, -0.1) is 10.2 Å². The standard InChI is InChI=1S/C18H15FN4O2S/c1-11-4-2-3-5-12(11)10-20-15(24)17-22-23-18(26-17)16(25)21-14-8-6-13(19)7-9-14/h2-9H,10H2,1H3,(H,20,24)(H,21,25). The van der Waals surface area contributed by atoms with E-state index in [1.165, 1.54) is 24.3 Å². The van der Waals surface area contributed by atoms with Crippen molar-refractivity contribution in [3.63, 3.8) is 0 Å². The zero-order valence-electron chi connectivity index (χ0n) is 13.8. The average molecular weight is 370 g/mol. The van der Waals surface area contributed by atoms with Crippen LogP contribution in [0.1, 0.15) is 30.7 Å². The summed E-state index contributed by atoms with van der Waals surface area (Å²) in [5.41, 5.74) is 2.50. The van der Waals surface area contributed by atoms with Crippen molar-refractivity contribution in [3.05, 3.63) is 75.5 Å². The van der Waals surface area contributed by atoms with E-state index in [1.807, 2.05) is 31.2 Å². The SMILES string of the molecule is Cc1ccccc1CNC(=O)c1nnc(C(=O)Nc2ccc(F)cc2)s1. The van der Waals surface area contributed by atoms with E-state index in [9.17, 15) is 14.0 Å². The van der Waals surface area contributed by atoms with Crippen LogP contribution in [0.3, 0.4) is 0 Å². The summed E-state index contributed by atoms with van der Waals surface area (Å²) in [6.45, 7) is 2.33. The smallest absolute Gasteiger partial charge is 0.286 e. The van der Waals surface area contributed by atoms with Gasteiger partial charge >= 0.3 is 0 Å². The highest BCUT2D eigenvalue weighted by atomic mass is 32.1. The number of hydrogen-bond donors (Lipinski definition) is 2. The molecule has 0 saturated heterocycles. The van der Waals surface area contributed by atoms with Crippen molar-refractivity contribution in [1.82, 2.24) is 15.5 Å². The molecule has 6 nitrogen and oxygen atoms in total. The Morgan fingerprint density at radius 1 is 1.00 bits per heavy atom. The minimum absolute atomic E-state index is 0.0513. The first kappa shape index (κ1) is 17.7. The number of aromatic nitrogens is 2. The Bertz CT molecular complexity index is 940. The van der Waals surface area contributed by atoms with Crippen LogP contribution < -0.4 is 10.6 Å². The number of halogens is 1. The number of hydrogen-bond acceptors (Lipinski definition) is 5. The lowest BCUT2D eigenvalue weighted by molar-refractivity contribution is 0.0948. The predicted molar refractivity (Wildman–Crippen MR) is 96.6 cm³/mol. The van der Waals surface area contributed by atoms with E-state index in [1.54, 1.807) is 0 Å². The molecule has 0 aliphatic heterocycles. The first-order valence-corrected chi connectivity index (χ1v) is 8.58. The highest BCUT2D eigenvalue weighted by molar-refractivity contribution is 7.15. The Labute approximate surface area is 153 Å². The second-order valence-corrected chi connectivity index (χ2v) is 6.46. The van der Waals surface area contributed by atoms with E-state index in [-0.39, 0.29) is 10.0 Å². The first-order chi connectivity index (χ1) is 12.5. The van der Waals surface area contributed by atoms with E-state index in [2.05, 4.69) is 20.8 Å². The Morgan fingerprint density at radius 3 is 2.35 bits per heavy atom. The molecule has 26 heavy (non-hydrogen) atoms. The van der Waals surface area contributed by atoms with Crippen molar-refractivity contribution < 1.29 is 14.0 Å². The van der Waals surface area contributed by atoms with Crippen molar-refractivity contribution >= 4 is 28.8 Å². The summed E-state index contributed by atoms with van der Waals surface area (Å²) in [7, 11) is 0. The maximum atomic E-state index is 12.9. The lowest BCUT2D eigenvalue weighted by atomic mass is 10.1. The zero-order chi connectivity index (χ0) is 18.5. The number of benzene rings is 2. The van der Waals surface area contributed by atoms with Gasteiger partial charge < -0.3 is 10.6 Å². The van der Waals surface area contributed by atoms with Gasteiger partial charge in [0.2, 0.25) is 10.0 Å². The van der Waals surface area contributed by atoms with Gasteiger partial charge in [-0.3, -0.25) is 9.59 Å². The molecule has 1 heterocycles. The molecule has 0 aliphatic rings. The fraction of sp³-hybridized carbons (Fsp3) is 0.111. The topological polar surface area (TPSA) is 84.0 Å². The monoisotopic (exact) mass is 370 g/mol. The van der Waals surface area contributed by atoms with Crippen molar-refractivity contribution in [1.29, 1.82) is 0 Å². The Kier molecular flexibility index (Phi) is 5.33. The highest BCUT2D eigenvalue weighted by Gasteiger charge is 2.17. The van der Waals surface area contributed by atoms with Gasteiger partial charge in [0.15, 0.2) is 0 Å². The average Bonchev–Trinajstić information content (AvgIpc) is 3.13. The van der Waals surface area contributed by atoms with Gasteiger partial charge in [0.05, 0.1) is 0 Å². The van der Waals surface area contributed by atoms with E-state index >= 15 is 0 Å². The van der Waals surface area contributed by atoms with Crippen molar-refractivity contribution in [2.75, 3.05) is 5.32 Å². The molecule has 0 bridgehead atoms. The summed E-state index contributed by atoms with van der Waals surface area (Å²) in [6.07, 6.45) is 0. The third-order valence-corrected chi connectivity index (χ3v) is 4.54. The molecule has 1 aromatic heterocycles. The molecule has 8 heteroatoms. The summed E-state index contributed by atoms with van der Waals surface area (Å²) < 4.78 is 12.9. The number of carbonyl (C=O) groups is 2. The van der Waals surface area contributed by atoms with Gasteiger partial charge in [0.25, 0.3) is 11.8 Å². The summed E-state index contributed by atoms with van der Waals surface area (Å²) in [5, 5.41) is 13.0. The lowest BCUT2D eigenvalue weighted by Crippen LogP contribution is -2.23. The molecule has 0 spiro atoms. The van der Waals surface area contributed by atoms with Gasteiger partial charge in [-0.05, 0) is 42.3 Å². The Balaban J connectivity index is 1.61. The van der Waals surface area contributed by atoms with E-state index in [4.69, 9.17) is 0 Å². The van der Waals surface area contributed by atoms with E-state index in [0.29, 0.717) is 12.2 Å². The van der Waals surface area contributed by atoms with Gasteiger partial charge in [-0.25, -0.2) is 4.39 Å². The number of rotatable bonds is 5. The van der Waals surface area contributed by atoms with Crippen LogP contribution in [0, 0.1) is 12.7 Å². The van der Waals surface area contributed by atoms with Crippen LogP contribution in [-0.2, 0) is 6.54 Å². The molecule has 0 saturated carbocycles. The highest BCUT2D eigenvalue weighted by Crippen LogP contribution is 2.14. The van der Waals surface area contributed by atoms with Gasteiger partial charge in [0.1, 0.15) is 5.82 Å². The van der Waals surface area contributed by atoms with E-state index in [0.717, 1.165) is 22.5 Å². The number of aryl methyl sites for hydroxylation is 1. The molecule has 2 amide bonds. The fourth-order valence-electron chi connectivity index (χ4n) is 2.18. The third-order valence-electron chi connectivity index (χ3n) is 3.62. The molecular weight excluding hydrogens is 355 g/mol. The third kappa shape index (κ3) is 4.28. The fourth-order valence-corrected chi connectivity index (χ4v) is 2.84. The van der Waals surface area contributed by atoms with E-state index < -0.39 is 17.6 Å². The molecule has 132 valence electrons. The second kappa shape index (κ2) is 7.83. The zero-order valence-corrected chi connectivity index (χ0v) is 14.6. The maximum Gasteiger partial charge on any atom is 0.286 e. The van der Waals surface area contributed by atoms with Gasteiger partial charge in [0, 0.05) is 12.2 Å². The van der Waals surface area contributed by atoms with Crippen LogP contribution in [0.25, 0.3) is 0 Å². The Morgan fingerprint density at radius 2 is 1.65 bits per heavy atom. The van der Waals surface area contributed by atoms with Crippen LogP contribution in [0.2, 0.25) is 0 Å². The van der Waals surface area contributed by atoms with Crippen molar-refractivity contribution in [3.8, 4) is 0 Å². The molecule has 0 aliphatic carbocycles. The number of carbonyl (C=O) groups excluding carboxylic acids is 2. The van der Waals surface area contributed by atoms with Crippen LogP contribution in [0.5, 0.6) is 0 Å². The lowest BCUT2D eigenvalue weighted by Gasteiger charge is -2.05. The number of nitrogens with zero attached hydrogens (tertiary/aromatic N) is 2. The van der Waals surface area contributed by atoms with Crippen molar-refractivity contribution in [2.24, 2.45) is 0 Å². The molecule has 0 unspecified atom stereocenters. The van der Waals surface area contributed by atoms with Crippen molar-refractivity contribution in [2.45, 2.75) is 13.5 Å². The van der Waals surface area contributed by atoms with Crippen LogP contribution in [-0.4, -0.2) is 22.0 Å². The number of amides is 2. The minimum Gasteiger partial charge on any atom is -0.346 e. The Hall–Kier alpha value is -3.13. The quantitative estimate of drug-likeness (QED) is 0.723.